The van der Waals surface area contributed by atoms with Crippen molar-refractivity contribution < 1.29 is 5.11 Å². The zero-order valence-electron chi connectivity index (χ0n) is 8.19. The van der Waals surface area contributed by atoms with Gasteiger partial charge < -0.3 is 10.8 Å². The summed E-state index contributed by atoms with van der Waals surface area (Å²) in [5.41, 5.74) is 6.68. The van der Waals surface area contributed by atoms with Gasteiger partial charge in [0.2, 0.25) is 0 Å². The molecule has 2 rings (SSSR count). The van der Waals surface area contributed by atoms with E-state index in [1.165, 1.54) is 6.42 Å². The molecular weight excluding hydrogens is 176 g/mol. The summed E-state index contributed by atoms with van der Waals surface area (Å²) in [7, 11) is 0. The summed E-state index contributed by atoms with van der Waals surface area (Å²) in [5.74, 6) is 0.356. The van der Waals surface area contributed by atoms with Crippen LogP contribution in [-0.2, 0) is 0 Å². The lowest BCUT2D eigenvalue weighted by atomic mass is 10.0. The van der Waals surface area contributed by atoms with E-state index in [2.05, 4.69) is 4.90 Å². The van der Waals surface area contributed by atoms with Crippen LogP contribution in [0.3, 0.4) is 0 Å². The molecule has 0 amide bonds. The molecule has 3 N–H and O–H groups in total. The average molecular weight is 192 g/mol. The number of phenols is 1. The van der Waals surface area contributed by atoms with Gasteiger partial charge in [0.15, 0.2) is 0 Å². The van der Waals surface area contributed by atoms with Crippen LogP contribution in [0.2, 0.25) is 0 Å². The van der Waals surface area contributed by atoms with Crippen LogP contribution in [-0.4, -0.2) is 29.6 Å². The highest BCUT2D eigenvalue weighted by Crippen LogP contribution is 2.30. The van der Waals surface area contributed by atoms with Gasteiger partial charge in [0, 0.05) is 25.2 Å². The average Bonchev–Trinajstić information content (AvgIpc) is 2.12. The molecule has 0 aromatic heterocycles. The van der Waals surface area contributed by atoms with Crippen molar-refractivity contribution in [2.45, 2.75) is 12.5 Å². The van der Waals surface area contributed by atoms with Crippen LogP contribution in [0.4, 0.5) is 0 Å². The Morgan fingerprint density at radius 2 is 2.07 bits per heavy atom. The fourth-order valence-electron chi connectivity index (χ4n) is 1.89. The van der Waals surface area contributed by atoms with Crippen LogP contribution in [0.1, 0.15) is 18.0 Å². The maximum absolute atomic E-state index is 9.70. The fraction of sp³-hybridized carbons (Fsp3) is 0.455. The van der Waals surface area contributed by atoms with Gasteiger partial charge in [-0.15, -0.1) is 0 Å². The number of aromatic hydroxyl groups is 1. The number of rotatable bonds is 3. The molecule has 0 radical (unpaired) electrons. The third-order valence-corrected chi connectivity index (χ3v) is 2.85. The van der Waals surface area contributed by atoms with Gasteiger partial charge in [-0.1, -0.05) is 18.2 Å². The number of para-hydroxylation sites is 1. The van der Waals surface area contributed by atoms with E-state index >= 15 is 0 Å². The number of likely N-dealkylation sites (tertiary alicyclic amines) is 1. The largest absolute Gasteiger partial charge is 0.508 e. The smallest absolute Gasteiger partial charge is 0.120 e. The Morgan fingerprint density at radius 3 is 2.57 bits per heavy atom. The summed E-state index contributed by atoms with van der Waals surface area (Å²) in [5, 5.41) is 9.70. The Kier molecular flexibility index (Phi) is 2.70. The van der Waals surface area contributed by atoms with E-state index in [1.54, 1.807) is 6.07 Å². The summed E-state index contributed by atoms with van der Waals surface area (Å²) in [6.45, 7) is 2.75. The van der Waals surface area contributed by atoms with Gasteiger partial charge in [0.05, 0.1) is 6.04 Å². The van der Waals surface area contributed by atoms with Crippen LogP contribution in [0.5, 0.6) is 5.75 Å². The van der Waals surface area contributed by atoms with Gasteiger partial charge in [-0.3, -0.25) is 4.90 Å². The van der Waals surface area contributed by atoms with E-state index in [1.807, 2.05) is 18.2 Å². The van der Waals surface area contributed by atoms with Crippen molar-refractivity contribution in [3.05, 3.63) is 29.8 Å². The number of benzene rings is 1. The van der Waals surface area contributed by atoms with Crippen LogP contribution in [0.15, 0.2) is 24.3 Å². The van der Waals surface area contributed by atoms with E-state index < -0.39 is 0 Å². The summed E-state index contributed by atoms with van der Waals surface area (Å²) >= 11 is 0. The maximum Gasteiger partial charge on any atom is 0.120 e. The first-order valence-electron chi connectivity index (χ1n) is 5.05. The molecule has 1 aliphatic rings. The zero-order chi connectivity index (χ0) is 9.97. The number of hydrogen-bond donors (Lipinski definition) is 2. The maximum atomic E-state index is 9.70. The van der Waals surface area contributed by atoms with Crippen LogP contribution in [0.25, 0.3) is 0 Å². The second kappa shape index (κ2) is 3.98. The molecule has 3 heteroatoms. The molecule has 1 aromatic carbocycles. The monoisotopic (exact) mass is 192 g/mol. The van der Waals surface area contributed by atoms with Crippen molar-refractivity contribution in [3.63, 3.8) is 0 Å². The molecule has 1 atom stereocenters. The lowest BCUT2D eigenvalue weighted by molar-refractivity contribution is 0.120. The second-order valence-corrected chi connectivity index (χ2v) is 3.70. The van der Waals surface area contributed by atoms with Crippen LogP contribution in [0, 0.1) is 0 Å². The second-order valence-electron chi connectivity index (χ2n) is 3.70. The quantitative estimate of drug-likeness (QED) is 0.754. The van der Waals surface area contributed by atoms with Gasteiger partial charge in [-0.05, 0) is 12.5 Å². The predicted octanol–water partition coefficient (Wildman–Crippen LogP) is 1.10. The third kappa shape index (κ3) is 1.61. The highest BCUT2D eigenvalue weighted by Gasteiger charge is 2.25. The fourth-order valence-corrected chi connectivity index (χ4v) is 1.89. The van der Waals surface area contributed by atoms with E-state index in [-0.39, 0.29) is 6.04 Å². The first-order chi connectivity index (χ1) is 6.83. The summed E-state index contributed by atoms with van der Waals surface area (Å²) < 4.78 is 0. The highest BCUT2D eigenvalue weighted by molar-refractivity contribution is 5.35. The Bertz CT molecular complexity index is 310. The Labute approximate surface area is 84.1 Å². The van der Waals surface area contributed by atoms with Crippen molar-refractivity contribution in [2.75, 3.05) is 19.6 Å². The van der Waals surface area contributed by atoms with Gasteiger partial charge >= 0.3 is 0 Å². The van der Waals surface area contributed by atoms with Gasteiger partial charge in [0.25, 0.3) is 0 Å². The summed E-state index contributed by atoms with van der Waals surface area (Å²) in [6, 6.07) is 7.63. The molecule has 1 unspecified atom stereocenters. The minimum atomic E-state index is 0.185. The van der Waals surface area contributed by atoms with Crippen molar-refractivity contribution >= 4 is 0 Å². The molecule has 76 valence electrons. The van der Waals surface area contributed by atoms with Crippen molar-refractivity contribution in [1.29, 1.82) is 0 Å². The van der Waals surface area contributed by atoms with Crippen molar-refractivity contribution in [2.24, 2.45) is 5.73 Å². The molecule has 1 aliphatic heterocycles. The molecule has 0 spiro atoms. The molecule has 1 saturated heterocycles. The lowest BCUT2D eigenvalue weighted by Gasteiger charge is -2.38. The van der Waals surface area contributed by atoms with E-state index in [4.69, 9.17) is 5.73 Å². The van der Waals surface area contributed by atoms with Gasteiger partial charge in [-0.2, -0.15) is 0 Å². The molecule has 1 fully saturated rings. The van der Waals surface area contributed by atoms with Gasteiger partial charge in [0.1, 0.15) is 5.75 Å². The van der Waals surface area contributed by atoms with E-state index in [0.29, 0.717) is 12.3 Å². The highest BCUT2D eigenvalue weighted by atomic mass is 16.3. The topological polar surface area (TPSA) is 49.5 Å². The number of phenolic OH excluding ortho intramolecular Hbond substituents is 1. The normalized spacial score (nSPS) is 18.9. The number of hydrogen-bond acceptors (Lipinski definition) is 3. The Balaban J connectivity index is 2.22. The molecular formula is C11H16N2O. The van der Waals surface area contributed by atoms with Crippen LogP contribution < -0.4 is 5.73 Å². The predicted molar refractivity (Wildman–Crippen MR) is 56.1 cm³/mol. The van der Waals surface area contributed by atoms with Crippen molar-refractivity contribution in [1.82, 2.24) is 4.90 Å². The molecule has 14 heavy (non-hydrogen) atoms. The molecule has 0 saturated carbocycles. The standard InChI is InChI=1S/C11H16N2O/c12-8-10(13-6-3-7-13)9-4-1-2-5-11(9)14/h1-2,4-5,10,14H,3,6-8,12H2. The molecule has 0 aliphatic carbocycles. The number of nitrogens with zero attached hydrogens (tertiary/aromatic N) is 1. The number of nitrogens with two attached hydrogens (primary N) is 1. The van der Waals surface area contributed by atoms with E-state index in [9.17, 15) is 5.11 Å². The third-order valence-electron chi connectivity index (χ3n) is 2.85. The molecule has 3 nitrogen and oxygen atoms in total. The first-order valence-corrected chi connectivity index (χ1v) is 5.05. The zero-order valence-corrected chi connectivity index (χ0v) is 8.19. The first kappa shape index (κ1) is 9.49. The lowest BCUT2D eigenvalue weighted by Crippen LogP contribution is -2.43. The van der Waals surface area contributed by atoms with Gasteiger partial charge in [-0.25, -0.2) is 0 Å². The molecule has 1 heterocycles. The Hall–Kier alpha value is -1.06. The Morgan fingerprint density at radius 1 is 1.36 bits per heavy atom. The minimum absolute atomic E-state index is 0.185. The van der Waals surface area contributed by atoms with Crippen molar-refractivity contribution in [3.8, 4) is 5.75 Å². The SMILES string of the molecule is NCC(c1ccccc1O)N1CCC1. The van der Waals surface area contributed by atoms with E-state index in [0.717, 1.165) is 18.7 Å². The molecule has 0 bridgehead atoms. The molecule has 1 aromatic rings. The minimum Gasteiger partial charge on any atom is -0.508 e. The van der Waals surface area contributed by atoms with Crippen LogP contribution >= 0.6 is 0 Å². The summed E-state index contributed by atoms with van der Waals surface area (Å²) in [4.78, 5) is 2.30. The summed E-state index contributed by atoms with van der Waals surface area (Å²) in [6.07, 6.45) is 1.24.